The zero-order chi connectivity index (χ0) is 28.6. The Hall–Kier alpha value is -3.26. The number of rotatable bonds is 19. The SMILES string of the molecule is CCCn1cc(-c2nc(NCCOCCOCCOCCOCCNC(=O)OC(C)(C)C)nc3[nH]ccc23)cn1. The van der Waals surface area contributed by atoms with Crippen LogP contribution in [0.15, 0.2) is 24.7 Å². The van der Waals surface area contributed by atoms with Gasteiger partial charge in [0.1, 0.15) is 11.2 Å². The Morgan fingerprint density at radius 2 is 1.60 bits per heavy atom. The molecular formula is C27H43N7O6. The summed E-state index contributed by atoms with van der Waals surface area (Å²) >= 11 is 0. The number of H-pyrrole nitrogens is 1. The van der Waals surface area contributed by atoms with E-state index in [4.69, 9.17) is 28.7 Å². The van der Waals surface area contributed by atoms with Crippen molar-refractivity contribution in [2.24, 2.45) is 0 Å². The maximum atomic E-state index is 11.5. The molecular weight excluding hydrogens is 518 g/mol. The number of aryl methyl sites for hydroxylation is 1. The van der Waals surface area contributed by atoms with Crippen LogP contribution in [0.2, 0.25) is 0 Å². The number of ether oxygens (including phenoxy) is 5. The number of nitrogens with one attached hydrogen (secondary N) is 3. The number of hydrogen-bond donors (Lipinski definition) is 3. The third kappa shape index (κ3) is 11.5. The molecule has 0 saturated carbocycles. The van der Waals surface area contributed by atoms with Crippen LogP contribution in [0.3, 0.4) is 0 Å². The van der Waals surface area contributed by atoms with Crippen molar-refractivity contribution >= 4 is 23.1 Å². The van der Waals surface area contributed by atoms with E-state index in [-0.39, 0.29) is 0 Å². The summed E-state index contributed by atoms with van der Waals surface area (Å²) in [6.07, 6.45) is 6.28. The van der Waals surface area contributed by atoms with E-state index in [0.717, 1.165) is 35.3 Å². The average molecular weight is 562 g/mol. The summed E-state index contributed by atoms with van der Waals surface area (Å²) < 4.78 is 29.1. The highest BCUT2D eigenvalue weighted by Crippen LogP contribution is 2.26. The Morgan fingerprint density at radius 3 is 2.25 bits per heavy atom. The number of hydrogen-bond acceptors (Lipinski definition) is 10. The molecule has 3 rings (SSSR count). The number of carbonyl (C=O) groups is 1. The zero-order valence-electron chi connectivity index (χ0n) is 24.0. The Bertz CT molecular complexity index is 1140. The predicted molar refractivity (Wildman–Crippen MR) is 151 cm³/mol. The Balaban J connectivity index is 1.18. The minimum Gasteiger partial charge on any atom is -0.444 e. The summed E-state index contributed by atoms with van der Waals surface area (Å²) in [5, 5.41) is 11.3. The first-order chi connectivity index (χ1) is 19.4. The normalized spacial score (nSPS) is 11.7. The highest BCUT2D eigenvalue weighted by atomic mass is 16.6. The van der Waals surface area contributed by atoms with Crippen LogP contribution < -0.4 is 10.6 Å². The molecule has 3 heterocycles. The highest BCUT2D eigenvalue weighted by molar-refractivity contribution is 5.91. The number of carbonyl (C=O) groups excluding carboxylic acids is 1. The minimum atomic E-state index is -0.510. The van der Waals surface area contributed by atoms with E-state index in [1.165, 1.54) is 0 Å². The van der Waals surface area contributed by atoms with Crippen molar-refractivity contribution in [1.82, 2.24) is 30.0 Å². The molecule has 0 aliphatic heterocycles. The highest BCUT2D eigenvalue weighted by Gasteiger charge is 2.15. The van der Waals surface area contributed by atoms with E-state index < -0.39 is 11.7 Å². The van der Waals surface area contributed by atoms with Crippen LogP contribution in [0.1, 0.15) is 34.1 Å². The van der Waals surface area contributed by atoms with Gasteiger partial charge in [-0.2, -0.15) is 10.1 Å². The molecule has 13 heteroatoms. The Morgan fingerprint density at radius 1 is 0.950 bits per heavy atom. The molecule has 3 aromatic heterocycles. The fourth-order valence-electron chi connectivity index (χ4n) is 3.61. The van der Waals surface area contributed by atoms with Gasteiger partial charge in [-0.25, -0.2) is 9.78 Å². The van der Waals surface area contributed by atoms with Gasteiger partial charge in [-0.3, -0.25) is 4.68 Å². The van der Waals surface area contributed by atoms with Gasteiger partial charge in [0.05, 0.1) is 64.7 Å². The Labute approximate surface area is 235 Å². The summed E-state index contributed by atoms with van der Waals surface area (Å²) in [5.74, 6) is 0.536. The number of aromatic nitrogens is 5. The van der Waals surface area contributed by atoms with E-state index >= 15 is 0 Å². The van der Waals surface area contributed by atoms with Crippen molar-refractivity contribution in [3.05, 3.63) is 24.7 Å². The standard InChI is InChI=1S/C27H43N7O6/c1-5-10-34-20-21(19-31-34)23-22-6-7-28-24(22)33-25(32-23)29-8-11-36-13-15-38-17-18-39-16-14-37-12-9-30-26(35)40-27(2,3)4/h6-7,19-20H,5,8-18H2,1-4H3,(H,30,35)(H2,28,29,32,33). The lowest BCUT2D eigenvalue weighted by Crippen LogP contribution is -2.34. The quantitative estimate of drug-likeness (QED) is 0.186. The molecule has 0 spiro atoms. The molecule has 0 unspecified atom stereocenters. The van der Waals surface area contributed by atoms with Gasteiger partial charge in [0.15, 0.2) is 0 Å². The van der Waals surface area contributed by atoms with Crippen molar-refractivity contribution in [3.63, 3.8) is 0 Å². The van der Waals surface area contributed by atoms with E-state index in [1.807, 2.05) is 50.1 Å². The number of alkyl carbamates (subject to hydrolysis) is 1. The second kappa shape index (κ2) is 16.8. The maximum absolute atomic E-state index is 11.5. The molecule has 222 valence electrons. The number of anilines is 1. The molecule has 0 radical (unpaired) electrons. The monoisotopic (exact) mass is 561 g/mol. The summed E-state index contributed by atoms with van der Waals surface area (Å²) in [6, 6.07) is 1.97. The second-order valence-corrected chi connectivity index (χ2v) is 9.93. The van der Waals surface area contributed by atoms with Crippen molar-refractivity contribution < 1.29 is 28.5 Å². The summed E-state index contributed by atoms with van der Waals surface area (Å²) in [4.78, 5) is 23.9. The lowest BCUT2D eigenvalue weighted by molar-refractivity contribution is -0.000801. The molecule has 3 aromatic rings. The average Bonchev–Trinajstić information content (AvgIpc) is 3.57. The van der Waals surface area contributed by atoms with Crippen molar-refractivity contribution in [1.29, 1.82) is 0 Å². The molecule has 3 N–H and O–H groups in total. The molecule has 0 aromatic carbocycles. The lowest BCUT2D eigenvalue weighted by atomic mass is 10.2. The summed E-state index contributed by atoms with van der Waals surface area (Å²) in [6.45, 7) is 13.1. The molecule has 1 amide bonds. The molecule has 0 aliphatic carbocycles. The third-order valence-corrected chi connectivity index (χ3v) is 5.34. The number of fused-ring (bicyclic) bond motifs is 1. The summed E-state index contributed by atoms with van der Waals surface area (Å²) in [5.41, 5.74) is 2.06. The van der Waals surface area contributed by atoms with Gasteiger partial charge in [0, 0.05) is 43.0 Å². The molecule has 0 aliphatic rings. The van der Waals surface area contributed by atoms with Crippen LogP contribution in [0.5, 0.6) is 0 Å². The third-order valence-electron chi connectivity index (χ3n) is 5.34. The van der Waals surface area contributed by atoms with Crippen LogP contribution in [-0.2, 0) is 30.2 Å². The van der Waals surface area contributed by atoms with Crippen LogP contribution in [0.25, 0.3) is 22.3 Å². The van der Waals surface area contributed by atoms with Gasteiger partial charge in [0.2, 0.25) is 5.95 Å². The van der Waals surface area contributed by atoms with Gasteiger partial charge in [-0.15, -0.1) is 0 Å². The van der Waals surface area contributed by atoms with Gasteiger partial charge < -0.3 is 39.3 Å². The lowest BCUT2D eigenvalue weighted by Gasteiger charge is -2.19. The van der Waals surface area contributed by atoms with Gasteiger partial charge in [-0.05, 0) is 33.3 Å². The molecule has 0 saturated heterocycles. The van der Waals surface area contributed by atoms with Crippen LogP contribution in [0.4, 0.5) is 10.7 Å². The molecule has 40 heavy (non-hydrogen) atoms. The minimum absolute atomic E-state index is 0.384. The first-order valence-corrected chi connectivity index (χ1v) is 13.8. The zero-order valence-corrected chi connectivity index (χ0v) is 24.0. The summed E-state index contributed by atoms with van der Waals surface area (Å²) in [7, 11) is 0. The number of amides is 1. The first kappa shape index (κ1) is 31.3. The van der Waals surface area contributed by atoms with Crippen molar-refractivity contribution in [2.45, 2.75) is 46.3 Å². The molecule has 0 fully saturated rings. The maximum Gasteiger partial charge on any atom is 0.407 e. The smallest absolute Gasteiger partial charge is 0.407 e. The molecule has 13 nitrogen and oxygen atoms in total. The van der Waals surface area contributed by atoms with E-state index in [2.05, 4.69) is 32.6 Å². The fraction of sp³-hybridized carbons (Fsp3) is 0.630. The topological polar surface area (TPSA) is 147 Å². The van der Waals surface area contributed by atoms with Gasteiger partial charge in [-0.1, -0.05) is 6.92 Å². The molecule has 0 bridgehead atoms. The fourth-order valence-corrected chi connectivity index (χ4v) is 3.61. The van der Waals surface area contributed by atoms with E-state index in [0.29, 0.717) is 71.9 Å². The first-order valence-electron chi connectivity index (χ1n) is 13.8. The Kier molecular flexibility index (Phi) is 13.1. The van der Waals surface area contributed by atoms with Gasteiger partial charge >= 0.3 is 6.09 Å². The van der Waals surface area contributed by atoms with Crippen molar-refractivity contribution in [3.8, 4) is 11.3 Å². The van der Waals surface area contributed by atoms with Crippen LogP contribution >= 0.6 is 0 Å². The number of aromatic amines is 1. The van der Waals surface area contributed by atoms with E-state index in [1.54, 1.807) is 0 Å². The van der Waals surface area contributed by atoms with Crippen molar-refractivity contribution in [2.75, 3.05) is 71.3 Å². The largest absolute Gasteiger partial charge is 0.444 e. The van der Waals surface area contributed by atoms with Crippen LogP contribution in [-0.4, -0.2) is 102 Å². The van der Waals surface area contributed by atoms with Crippen LogP contribution in [0, 0.1) is 0 Å². The van der Waals surface area contributed by atoms with E-state index in [9.17, 15) is 4.79 Å². The predicted octanol–water partition coefficient (Wildman–Crippen LogP) is 3.23. The van der Waals surface area contributed by atoms with Gasteiger partial charge in [0.25, 0.3) is 0 Å². The molecule has 0 atom stereocenters. The second-order valence-electron chi connectivity index (χ2n) is 9.93. The number of nitrogens with zero attached hydrogens (tertiary/aromatic N) is 4.